The summed E-state index contributed by atoms with van der Waals surface area (Å²) < 4.78 is 3.02. The normalized spacial score (nSPS) is 39.6. The third-order valence-corrected chi connectivity index (χ3v) is 13.8. The summed E-state index contributed by atoms with van der Waals surface area (Å²) in [5.74, 6) is 3.47. The summed E-state index contributed by atoms with van der Waals surface area (Å²) in [5, 5.41) is 4.20. The highest BCUT2D eigenvalue weighted by atomic mass is 28.3. The first-order valence-corrected chi connectivity index (χ1v) is 16.7. The van der Waals surface area contributed by atoms with Crippen LogP contribution >= 0.6 is 0 Å². The molecule has 8 atom stereocenters. The van der Waals surface area contributed by atoms with Gasteiger partial charge in [0.05, 0.1) is 6.17 Å². The van der Waals surface area contributed by atoms with Crippen molar-refractivity contribution in [3.63, 3.8) is 0 Å². The molecule has 2 fully saturated rings. The molecular weight excluding hydrogens is 440 g/mol. The summed E-state index contributed by atoms with van der Waals surface area (Å²) in [6, 6.07) is 11.9. The van der Waals surface area contributed by atoms with Gasteiger partial charge >= 0.3 is 0 Å². The second-order valence-corrected chi connectivity index (χ2v) is 16.5. The molecule has 4 aliphatic carbocycles. The van der Waals surface area contributed by atoms with Gasteiger partial charge in [-0.2, -0.15) is 0 Å². The molecule has 0 aromatic heterocycles. The number of fused-ring (bicyclic) bond motifs is 4. The van der Waals surface area contributed by atoms with Crippen LogP contribution in [0.1, 0.15) is 25.3 Å². The monoisotopic (exact) mass is 480 g/mol. The quantitative estimate of drug-likeness (QED) is 0.475. The predicted octanol–water partition coefficient (Wildman–Crippen LogP) is 6.83. The molecule has 0 radical (unpaired) electrons. The third-order valence-electron chi connectivity index (χ3n) is 9.49. The maximum atomic E-state index is 4.20. The van der Waals surface area contributed by atoms with Crippen LogP contribution in [-0.2, 0) is 0 Å². The zero-order valence-corrected chi connectivity index (χ0v) is 22.5. The number of allylic oxidation sites excluding steroid dienone is 10. The minimum Gasteiger partial charge on any atom is -0.301 e. The molecule has 0 spiro atoms. The van der Waals surface area contributed by atoms with Gasteiger partial charge < -0.3 is 4.57 Å². The van der Waals surface area contributed by atoms with Gasteiger partial charge in [-0.3, -0.25) is 5.32 Å². The molecule has 1 heterocycles. The fraction of sp³-hybridized carbons (Fsp3) is 0.438. The molecule has 5 aliphatic rings. The van der Waals surface area contributed by atoms with E-state index in [9.17, 15) is 0 Å². The molecule has 1 aliphatic heterocycles. The van der Waals surface area contributed by atoms with Gasteiger partial charge in [-0.15, -0.1) is 0 Å². The lowest BCUT2D eigenvalue weighted by molar-refractivity contribution is 0.258. The molecule has 0 bridgehead atoms. The largest absolute Gasteiger partial charge is 0.301 e. The van der Waals surface area contributed by atoms with E-state index in [2.05, 4.69) is 140 Å². The van der Waals surface area contributed by atoms with Gasteiger partial charge in [-0.05, 0) is 40.7 Å². The summed E-state index contributed by atoms with van der Waals surface area (Å²) in [7, 11) is -1.92. The van der Waals surface area contributed by atoms with E-state index in [1.165, 1.54) is 5.56 Å². The van der Waals surface area contributed by atoms with Gasteiger partial charge in [0.25, 0.3) is 0 Å². The minimum absolute atomic E-state index is 0.381. The molecule has 35 heavy (non-hydrogen) atoms. The van der Waals surface area contributed by atoms with Crippen molar-refractivity contribution in [3.8, 4) is 0 Å². The van der Waals surface area contributed by atoms with Crippen molar-refractivity contribution in [2.24, 2.45) is 29.6 Å². The first-order chi connectivity index (χ1) is 17.0. The average Bonchev–Trinajstić information content (AvgIpc) is 3.35. The smallest absolute Gasteiger partial charge is 0.129 e. The van der Waals surface area contributed by atoms with Crippen molar-refractivity contribution < 1.29 is 0 Å². The summed E-state index contributed by atoms with van der Waals surface area (Å²) in [5.41, 5.74) is 2.11. The van der Waals surface area contributed by atoms with Crippen molar-refractivity contribution in [3.05, 3.63) is 109 Å². The van der Waals surface area contributed by atoms with Gasteiger partial charge in [0, 0.05) is 18.0 Å². The fourth-order valence-corrected chi connectivity index (χ4v) is 13.1. The number of benzene rings is 1. The van der Waals surface area contributed by atoms with E-state index >= 15 is 0 Å². The molecule has 0 amide bonds. The van der Waals surface area contributed by atoms with Crippen LogP contribution in [0.5, 0.6) is 0 Å². The van der Waals surface area contributed by atoms with Crippen LogP contribution in [0, 0.1) is 29.6 Å². The number of rotatable bonds is 4. The fourth-order valence-electron chi connectivity index (χ4n) is 8.14. The van der Waals surface area contributed by atoms with E-state index < -0.39 is 8.24 Å². The first-order valence-electron chi connectivity index (χ1n) is 13.6. The Hall–Kier alpha value is -2.20. The SMILES string of the molecule is CC(C)[C@@H]1NC2[C@@H](c3ccccc3)C=CC=C[C@H]2N1[Si](C)(C)C1C2C=CC=CC2C2C=CC=CC21. The maximum Gasteiger partial charge on any atom is 0.129 e. The van der Waals surface area contributed by atoms with E-state index in [-0.39, 0.29) is 0 Å². The van der Waals surface area contributed by atoms with E-state index in [4.69, 9.17) is 0 Å². The Morgan fingerprint density at radius 2 is 1.26 bits per heavy atom. The van der Waals surface area contributed by atoms with Crippen molar-refractivity contribution in [2.75, 3.05) is 0 Å². The molecule has 1 N–H and O–H groups in total. The zero-order valence-electron chi connectivity index (χ0n) is 21.5. The Morgan fingerprint density at radius 1 is 0.714 bits per heavy atom. The Kier molecular flexibility index (Phi) is 5.99. The van der Waals surface area contributed by atoms with Crippen LogP contribution in [-0.4, -0.2) is 31.1 Å². The highest BCUT2D eigenvalue weighted by Gasteiger charge is 2.59. The van der Waals surface area contributed by atoms with Gasteiger partial charge in [-0.25, -0.2) is 0 Å². The Bertz CT molecular complexity index is 1070. The summed E-state index contributed by atoms with van der Waals surface area (Å²) in [6.07, 6.45) is 29.2. The number of hydrogen-bond acceptors (Lipinski definition) is 2. The van der Waals surface area contributed by atoms with Gasteiger partial charge in [0.2, 0.25) is 0 Å². The third kappa shape index (κ3) is 3.75. The van der Waals surface area contributed by atoms with Crippen LogP contribution in [0.2, 0.25) is 18.6 Å². The Balaban J connectivity index is 1.41. The van der Waals surface area contributed by atoms with E-state index in [0.717, 1.165) is 0 Å². The molecule has 1 aromatic carbocycles. The molecule has 5 unspecified atom stereocenters. The molecule has 6 rings (SSSR count). The summed E-state index contributed by atoms with van der Waals surface area (Å²) in [4.78, 5) is 0. The second-order valence-electron chi connectivity index (χ2n) is 12.0. The molecule has 182 valence electrons. The molecule has 1 aromatic rings. The van der Waals surface area contributed by atoms with Crippen molar-refractivity contribution >= 4 is 8.24 Å². The zero-order chi connectivity index (χ0) is 24.2. The van der Waals surface area contributed by atoms with Crippen LogP contribution in [0.15, 0.2) is 103 Å². The highest BCUT2D eigenvalue weighted by molar-refractivity contribution is 6.76. The van der Waals surface area contributed by atoms with Crippen LogP contribution in [0.25, 0.3) is 0 Å². The topological polar surface area (TPSA) is 15.3 Å². The van der Waals surface area contributed by atoms with Gasteiger partial charge in [0.15, 0.2) is 0 Å². The number of hydrogen-bond donors (Lipinski definition) is 1. The highest BCUT2D eigenvalue weighted by Crippen LogP contribution is 2.59. The van der Waals surface area contributed by atoms with Crippen molar-refractivity contribution in [1.82, 2.24) is 9.88 Å². The lowest BCUT2D eigenvalue weighted by Crippen LogP contribution is -2.61. The standard InChI is InChI=1S/C32H40N2Si/c1-22(2)32-33-30-24(23-14-6-5-7-15-23)16-12-13-21-29(30)34(32)35(3,4)31-27-19-10-8-17-25(27)26-18-9-11-20-28(26)31/h5-22,24-33H,1-4H3/t24-,25?,26?,27?,28?,29-,30?,31?,32-/m1/s1. The molecule has 1 saturated carbocycles. The van der Waals surface area contributed by atoms with E-state index in [1.54, 1.807) is 0 Å². The summed E-state index contributed by atoms with van der Waals surface area (Å²) in [6.45, 7) is 10.2. The average molecular weight is 481 g/mol. The number of nitrogens with zero attached hydrogens (tertiary/aromatic N) is 1. The van der Waals surface area contributed by atoms with Gasteiger partial charge in [-0.1, -0.05) is 130 Å². The molecule has 3 heteroatoms. The van der Waals surface area contributed by atoms with Crippen LogP contribution < -0.4 is 5.32 Å². The predicted molar refractivity (Wildman–Crippen MR) is 150 cm³/mol. The lowest BCUT2D eigenvalue weighted by Gasteiger charge is -2.49. The van der Waals surface area contributed by atoms with Gasteiger partial charge in [0.1, 0.15) is 8.24 Å². The molecular formula is C32H40N2Si. The molecule has 1 saturated heterocycles. The Labute approximate surface area is 213 Å². The summed E-state index contributed by atoms with van der Waals surface area (Å²) >= 11 is 0. The van der Waals surface area contributed by atoms with E-state index in [1.807, 2.05) is 0 Å². The van der Waals surface area contributed by atoms with Crippen LogP contribution in [0.3, 0.4) is 0 Å². The number of nitrogens with one attached hydrogen (secondary N) is 1. The first kappa shape index (κ1) is 23.2. The lowest BCUT2D eigenvalue weighted by atomic mass is 9.83. The minimum atomic E-state index is -1.92. The van der Waals surface area contributed by atoms with Crippen LogP contribution in [0.4, 0.5) is 0 Å². The van der Waals surface area contributed by atoms with E-state index in [0.29, 0.717) is 59.3 Å². The second kappa shape index (κ2) is 9.03. The Morgan fingerprint density at radius 3 is 1.86 bits per heavy atom. The van der Waals surface area contributed by atoms with Crippen molar-refractivity contribution in [1.29, 1.82) is 0 Å². The van der Waals surface area contributed by atoms with Crippen molar-refractivity contribution in [2.45, 2.75) is 56.7 Å². The molecule has 2 nitrogen and oxygen atoms in total. The maximum absolute atomic E-state index is 4.20.